The molecule has 0 saturated carbocycles. The lowest BCUT2D eigenvalue weighted by molar-refractivity contribution is -0.141. The van der Waals surface area contributed by atoms with Gasteiger partial charge in [0.2, 0.25) is 22.1 Å². The third kappa shape index (κ3) is 7.84. The SMILES string of the molecule is C.CCOC(=O)c1cc(-c2cnc(Nc3ccc(F)c(Cl)c3)nc2-n2nc(C(F)(F)F)cc2C)cnc1OCC=S(=O)=O. The first-order valence-corrected chi connectivity index (χ1v) is 13.3. The van der Waals surface area contributed by atoms with Gasteiger partial charge < -0.3 is 14.8 Å². The number of halogens is 5. The van der Waals surface area contributed by atoms with Gasteiger partial charge in [-0.05, 0) is 44.2 Å². The van der Waals surface area contributed by atoms with E-state index in [4.69, 9.17) is 21.1 Å². The summed E-state index contributed by atoms with van der Waals surface area (Å²) in [6, 6.07) is 5.84. The smallest absolute Gasteiger partial charge is 0.435 e. The molecule has 3 heterocycles. The molecule has 17 heteroatoms. The summed E-state index contributed by atoms with van der Waals surface area (Å²) >= 11 is 5.84. The second-order valence-corrected chi connectivity index (χ2v) is 9.56. The van der Waals surface area contributed by atoms with E-state index >= 15 is 0 Å². The lowest BCUT2D eigenvalue weighted by atomic mass is 10.1. The van der Waals surface area contributed by atoms with Crippen LogP contribution < -0.4 is 10.1 Å². The van der Waals surface area contributed by atoms with Crippen molar-refractivity contribution in [2.24, 2.45) is 0 Å². The van der Waals surface area contributed by atoms with Crippen molar-refractivity contribution in [1.29, 1.82) is 0 Å². The number of aromatic nitrogens is 5. The fraction of sp³-hybridized carbons (Fsp3) is 0.231. The summed E-state index contributed by atoms with van der Waals surface area (Å²) in [4.78, 5) is 25.3. The summed E-state index contributed by atoms with van der Waals surface area (Å²) in [5, 5.41) is 7.10. The van der Waals surface area contributed by atoms with Crippen LogP contribution >= 0.6 is 11.6 Å². The Kier molecular flexibility index (Phi) is 10.4. The van der Waals surface area contributed by atoms with Crippen LogP contribution in [0.3, 0.4) is 0 Å². The Labute approximate surface area is 249 Å². The summed E-state index contributed by atoms with van der Waals surface area (Å²) in [6.07, 6.45) is -2.27. The van der Waals surface area contributed by atoms with Crippen LogP contribution in [0.25, 0.3) is 16.9 Å². The number of rotatable bonds is 9. The van der Waals surface area contributed by atoms with Gasteiger partial charge in [-0.2, -0.15) is 31.7 Å². The van der Waals surface area contributed by atoms with Crippen LogP contribution in [0.1, 0.15) is 36.1 Å². The number of aryl methyl sites for hydroxylation is 1. The normalized spacial score (nSPS) is 11.0. The zero-order valence-electron chi connectivity index (χ0n) is 21.6. The number of anilines is 2. The van der Waals surface area contributed by atoms with Crippen LogP contribution in [-0.2, 0) is 21.2 Å². The molecule has 228 valence electrons. The Balaban J connectivity index is 0.00000506. The first kappa shape index (κ1) is 32.9. The van der Waals surface area contributed by atoms with Crippen molar-refractivity contribution in [2.45, 2.75) is 27.5 Å². The third-order valence-corrected chi connectivity index (χ3v) is 6.10. The number of ether oxygens (including phenoxy) is 2. The van der Waals surface area contributed by atoms with Crippen molar-refractivity contribution >= 4 is 44.9 Å². The molecule has 11 nitrogen and oxygen atoms in total. The summed E-state index contributed by atoms with van der Waals surface area (Å²) in [7, 11) is -2.53. The minimum absolute atomic E-state index is 0. The number of hydrogen-bond acceptors (Lipinski definition) is 10. The van der Waals surface area contributed by atoms with Gasteiger partial charge in [-0.15, -0.1) is 0 Å². The van der Waals surface area contributed by atoms with Crippen molar-refractivity contribution in [2.75, 3.05) is 18.5 Å². The number of pyridine rings is 1. The van der Waals surface area contributed by atoms with E-state index in [1.54, 1.807) is 6.92 Å². The number of carbonyl (C=O) groups is 1. The fourth-order valence-electron chi connectivity index (χ4n) is 3.57. The molecule has 0 atom stereocenters. The second kappa shape index (κ2) is 13.6. The van der Waals surface area contributed by atoms with E-state index in [0.29, 0.717) is 0 Å². The molecule has 1 N–H and O–H groups in total. The van der Waals surface area contributed by atoms with E-state index in [2.05, 4.69) is 25.4 Å². The molecule has 0 aliphatic heterocycles. The Bertz CT molecular complexity index is 1790. The molecule has 1 aromatic carbocycles. The summed E-state index contributed by atoms with van der Waals surface area (Å²) in [6.45, 7) is 2.52. The predicted molar refractivity (Wildman–Crippen MR) is 150 cm³/mol. The topological polar surface area (TPSA) is 138 Å². The van der Waals surface area contributed by atoms with Gasteiger partial charge in [0, 0.05) is 34.9 Å². The Hall–Kier alpha value is -4.57. The van der Waals surface area contributed by atoms with E-state index in [-0.39, 0.29) is 64.8 Å². The van der Waals surface area contributed by atoms with Crippen LogP contribution in [0.15, 0.2) is 42.7 Å². The summed E-state index contributed by atoms with van der Waals surface area (Å²) in [5.41, 5.74) is -0.743. The van der Waals surface area contributed by atoms with E-state index in [1.807, 2.05) is 0 Å². The molecule has 0 fully saturated rings. The second-order valence-electron chi connectivity index (χ2n) is 8.30. The number of nitrogens with one attached hydrogen (secondary N) is 1. The van der Waals surface area contributed by atoms with Crippen molar-refractivity contribution in [1.82, 2.24) is 24.7 Å². The van der Waals surface area contributed by atoms with Gasteiger partial charge in [-0.1, -0.05) is 19.0 Å². The van der Waals surface area contributed by atoms with E-state index in [0.717, 1.165) is 22.2 Å². The Morgan fingerprint density at radius 3 is 2.53 bits per heavy atom. The van der Waals surface area contributed by atoms with E-state index in [9.17, 15) is 30.8 Å². The number of alkyl halides is 3. The quantitative estimate of drug-likeness (QED) is 0.142. The average molecular weight is 643 g/mol. The molecule has 0 saturated heterocycles. The lowest BCUT2D eigenvalue weighted by Gasteiger charge is -2.15. The predicted octanol–water partition coefficient (Wildman–Crippen LogP) is 5.46. The van der Waals surface area contributed by atoms with Gasteiger partial charge in [0.25, 0.3) is 0 Å². The van der Waals surface area contributed by atoms with Gasteiger partial charge in [0.05, 0.1) is 17.0 Å². The van der Waals surface area contributed by atoms with Crippen molar-refractivity contribution < 1.29 is 40.2 Å². The molecule has 4 rings (SSSR count). The summed E-state index contributed by atoms with van der Waals surface area (Å²) < 4.78 is 87.0. The zero-order valence-corrected chi connectivity index (χ0v) is 23.2. The summed E-state index contributed by atoms with van der Waals surface area (Å²) in [5.74, 6) is -1.99. The molecule has 0 spiro atoms. The van der Waals surface area contributed by atoms with Gasteiger partial charge in [-0.25, -0.2) is 23.8 Å². The van der Waals surface area contributed by atoms with Crippen LogP contribution in [-0.4, -0.2) is 57.7 Å². The average Bonchev–Trinajstić information content (AvgIpc) is 3.33. The molecule has 0 radical (unpaired) electrons. The van der Waals surface area contributed by atoms with Gasteiger partial charge in [0.15, 0.2) is 11.5 Å². The number of nitrogens with zero attached hydrogens (tertiary/aromatic N) is 5. The number of hydrogen-bond donors (Lipinski definition) is 1. The molecule has 0 aliphatic carbocycles. The molecule has 3 aromatic heterocycles. The molecule has 0 bridgehead atoms. The number of carbonyl (C=O) groups excluding carboxylic acids is 1. The first-order chi connectivity index (χ1) is 19.9. The number of benzene rings is 1. The number of esters is 1. The maximum atomic E-state index is 13.6. The van der Waals surface area contributed by atoms with Crippen LogP contribution in [0, 0.1) is 12.7 Å². The van der Waals surface area contributed by atoms with Crippen LogP contribution in [0.2, 0.25) is 5.02 Å². The Morgan fingerprint density at radius 1 is 1.16 bits per heavy atom. The van der Waals surface area contributed by atoms with Crippen molar-refractivity contribution in [3.8, 4) is 22.8 Å². The highest BCUT2D eigenvalue weighted by atomic mass is 35.5. The van der Waals surface area contributed by atoms with Gasteiger partial charge in [-0.3, -0.25) is 0 Å². The Morgan fingerprint density at radius 2 is 1.91 bits per heavy atom. The van der Waals surface area contributed by atoms with Crippen LogP contribution in [0.4, 0.5) is 29.2 Å². The minimum Gasteiger partial charge on any atom is -0.472 e. The third-order valence-electron chi connectivity index (χ3n) is 5.40. The molecule has 0 amide bonds. The van der Waals surface area contributed by atoms with Gasteiger partial charge >= 0.3 is 12.1 Å². The highest BCUT2D eigenvalue weighted by Crippen LogP contribution is 2.33. The largest absolute Gasteiger partial charge is 0.472 e. The molecular formula is C26H23ClF4N6O5S. The van der Waals surface area contributed by atoms with Crippen molar-refractivity contribution in [3.05, 3.63) is 70.5 Å². The fourth-order valence-corrected chi connectivity index (χ4v) is 3.93. The van der Waals surface area contributed by atoms with Crippen LogP contribution in [0.5, 0.6) is 5.88 Å². The molecule has 0 unspecified atom stereocenters. The van der Waals surface area contributed by atoms with Gasteiger partial charge in [0.1, 0.15) is 18.0 Å². The zero-order chi connectivity index (χ0) is 30.6. The minimum atomic E-state index is -4.75. The maximum absolute atomic E-state index is 13.6. The van der Waals surface area contributed by atoms with E-state index < -0.39 is 40.6 Å². The standard InChI is InChI=1S/C25H19ClF4N6O5S.CH4/c1-3-40-23(37)16-9-14(11-31-22(16)41-6-7-42(38)39)17-12-32-24(33-15-4-5-19(27)18(26)10-15)34-21(17)36-13(2)8-20(35-36)25(28,29)30;/h4-5,7-12H,3,6H2,1-2H3,(H,32,33,34);1H4. The maximum Gasteiger partial charge on any atom is 0.435 e. The monoisotopic (exact) mass is 642 g/mol. The highest BCUT2D eigenvalue weighted by molar-refractivity contribution is 7.71. The van der Waals surface area contributed by atoms with E-state index in [1.165, 1.54) is 37.5 Å². The molecule has 43 heavy (non-hydrogen) atoms. The lowest BCUT2D eigenvalue weighted by Crippen LogP contribution is -2.12. The molecule has 4 aromatic rings. The molecule has 0 aliphatic rings. The first-order valence-electron chi connectivity index (χ1n) is 11.8. The highest BCUT2D eigenvalue weighted by Gasteiger charge is 2.35. The van der Waals surface area contributed by atoms with Crippen molar-refractivity contribution in [3.63, 3.8) is 0 Å². The molecular weight excluding hydrogens is 620 g/mol.